The molecular formula is C28H34N4. The Labute approximate surface area is 192 Å². The summed E-state index contributed by atoms with van der Waals surface area (Å²) in [7, 11) is 0. The fourth-order valence-corrected chi connectivity index (χ4v) is 4.96. The molecule has 4 heteroatoms. The van der Waals surface area contributed by atoms with Gasteiger partial charge < -0.3 is 0 Å². The Kier molecular flexibility index (Phi) is 6.95. The minimum atomic E-state index is 1.04. The molecule has 3 aromatic carbocycles. The Hall–Kier alpha value is -2.50. The smallest absolute Gasteiger partial charge is 0.0513 e. The third kappa shape index (κ3) is 5.84. The molecule has 4 nitrogen and oxygen atoms in total. The van der Waals surface area contributed by atoms with E-state index in [1.807, 2.05) is 0 Å². The summed E-state index contributed by atoms with van der Waals surface area (Å²) in [5, 5.41) is 0. The van der Waals surface area contributed by atoms with Crippen LogP contribution in [0.2, 0.25) is 0 Å². The lowest BCUT2D eigenvalue weighted by Gasteiger charge is -2.20. The highest BCUT2D eigenvalue weighted by Crippen LogP contribution is 2.17. The van der Waals surface area contributed by atoms with Crippen molar-refractivity contribution in [3.63, 3.8) is 0 Å². The molecule has 0 aromatic heterocycles. The van der Waals surface area contributed by atoms with Crippen molar-refractivity contribution in [2.24, 2.45) is 0 Å². The molecule has 5 rings (SSSR count). The average molecular weight is 427 g/mol. The van der Waals surface area contributed by atoms with Crippen LogP contribution < -0.4 is 0 Å². The van der Waals surface area contributed by atoms with E-state index in [-0.39, 0.29) is 0 Å². The van der Waals surface area contributed by atoms with Gasteiger partial charge in [0.2, 0.25) is 0 Å². The number of benzene rings is 3. The van der Waals surface area contributed by atoms with Crippen molar-refractivity contribution in [3.05, 3.63) is 107 Å². The van der Waals surface area contributed by atoms with E-state index in [2.05, 4.69) is 105 Å². The van der Waals surface area contributed by atoms with Crippen molar-refractivity contribution >= 4 is 0 Å². The predicted octanol–water partition coefficient (Wildman–Crippen LogP) is 4.24. The lowest BCUT2D eigenvalue weighted by atomic mass is 10.1. The first-order valence-electron chi connectivity index (χ1n) is 11.9. The van der Waals surface area contributed by atoms with E-state index in [0.717, 1.165) is 65.7 Å². The zero-order valence-electron chi connectivity index (χ0n) is 18.9. The lowest BCUT2D eigenvalue weighted by Crippen LogP contribution is -2.25. The zero-order valence-corrected chi connectivity index (χ0v) is 18.9. The lowest BCUT2D eigenvalue weighted by molar-refractivity contribution is 0.233. The van der Waals surface area contributed by atoms with Gasteiger partial charge in [-0.15, -0.1) is 0 Å². The Bertz CT molecular complexity index is 898. The topological polar surface area (TPSA) is 13.0 Å². The number of nitrogens with zero attached hydrogens (tertiary/aromatic N) is 4. The zero-order chi connectivity index (χ0) is 21.6. The van der Waals surface area contributed by atoms with Crippen LogP contribution in [-0.4, -0.2) is 59.1 Å². The molecule has 2 aliphatic heterocycles. The molecule has 2 heterocycles. The molecule has 3 aromatic rings. The van der Waals surface area contributed by atoms with Crippen molar-refractivity contribution in [2.75, 3.05) is 39.5 Å². The van der Waals surface area contributed by atoms with Crippen LogP contribution in [0.25, 0.3) is 0 Å². The fourth-order valence-electron chi connectivity index (χ4n) is 4.96. The minimum absolute atomic E-state index is 1.04. The van der Waals surface area contributed by atoms with Gasteiger partial charge in [0.15, 0.2) is 0 Å². The van der Waals surface area contributed by atoms with Gasteiger partial charge >= 0.3 is 0 Å². The van der Waals surface area contributed by atoms with Gasteiger partial charge in [0.1, 0.15) is 0 Å². The summed E-state index contributed by atoms with van der Waals surface area (Å²) >= 11 is 0. The largest absolute Gasteiger partial charge is 0.285 e. The van der Waals surface area contributed by atoms with E-state index in [1.165, 1.54) is 22.3 Å². The van der Waals surface area contributed by atoms with Gasteiger partial charge in [-0.3, -0.25) is 19.6 Å². The normalized spacial score (nSPS) is 18.5. The molecule has 166 valence electrons. The van der Waals surface area contributed by atoms with Crippen LogP contribution in [0.1, 0.15) is 22.3 Å². The highest BCUT2D eigenvalue weighted by molar-refractivity contribution is 5.24. The molecule has 2 saturated heterocycles. The molecule has 0 amide bonds. The third-order valence-electron chi connectivity index (χ3n) is 6.57. The summed E-state index contributed by atoms with van der Waals surface area (Å²) in [4.78, 5) is 10.2. The third-order valence-corrected chi connectivity index (χ3v) is 6.57. The highest BCUT2D eigenvalue weighted by Gasteiger charge is 2.21. The van der Waals surface area contributed by atoms with Crippen molar-refractivity contribution in [1.82, 2.24) is 19.6 Å². The van der Waals surface area contributed by atoms with E-state index in [0.29, 0.717) is 0 Å². The second-order valence-corrected chi connectivity index (χ2v) is 9.28. The summed E-state index contributed by atoms with van der Waals surface area (Å²) in [5.41, 5.74) is 5.68. The average Bonchev–Trinajstić information content (AvgIpc) is 3.44. The first kappa shape index (κ1) is 21.4. The predicted molar refractivity (Wildman–Crippen MR) is 131 cm³/mol. The molecule has 2 fully saturated rings. The van der Waals surface area contributed by atoms with Gasteiger partial charge in [-0.25, -0.2) is 0 Å². The van der Waals surface area contributed by atoms with Gasteiger partial charge in [0, 0.05) is 52.4 Å². The Morgan fingerprint density at radius 3 is 1.16 bits per heavy atom. The number of hydrogen-bond donors (Lipinski definition) is 0. The van der Waals surface area contributed by atoms with E-state index < -0.39 is 0 Å². The summed E-state index contributed by atoms with van der Waals surface area (Å²) in [5.74, 6) is 0. The van der Waals surface area contributed by atoms with Crippen LogP contribution in [-0.2, 0) is 26.2 Å². The number of hydrogen-bond acceptors (Lipinski definition) is 4. The van der Waals surface area contributed by atoms with Gasteiger partial charge in [-0.05, 0) is 22.3 Å². The molecule has 0 N–H and O–H groups in total. The SMILES string of the molecule is c1ccc(CN2CCN(Cc3cccc(CN4CCN(Cc5ccccc5)C4)c3)C2)cc1. The molecule has 0 atom stereocenters. The van der Waals surface area contributed by atoms with E-state index in [4.69, 9.17) is 0 Å². The summed E-state index contributed by atoms with van der Waals surface area (Å²) < 4.78 is 0. The Balaban J connectivity index is 1.10. The minimum Gasteiger partial charge on any atom is -0.285 e. The number of rotatable bonds is 8. The van der Waals surface area contributed by atoms with E-state index >= 15 is 0 Å². The fraction of sp³-hybridized carbons (Fsp3) is 0.357. The molecular weight excluding hydrogens is 392 g/mol. The molecule has 2 aliphatic rings. The molecule has 0 radical (unpaired) electrons. The summed E-state index contributed by atoms with van der Waals surface area (Å²) in [6.07, 6.45) is 0. The maximum Gasteiger partial charge on any atom is 0.0513 e. The highest BCUT2D eigenvalue weighted by atomic mass is 15.4. The van der Waals surface area contributed by atoms with E-state index in [9.17, 15) is 0 Å². The monoisotopic (exact) mass is 426 g/mol. The van der Waals surface area contributed by atoms with Crippen molar-refractivity contribution < 1.29 is 0 Å². The van der Waals surface area contributed by atoms with Crippen molar-refractivity contribution in [3.8, 4) is 0 Å². The van der Waals surface area contributed by atoms with Gasteiger partial charge in [0.25, 0.3) is 0 Å². The van der Waals surface area contributed by atoms with Crippen LogP contribution in [0.5, 0.6) is 0 Å². The molecule has 0 bridgehead atoms. The second-order valence-electron chi connectivity index (χ2n) is 9.28. The van der Waals surface area contributed by atoms with E-state index in [1.54, 1.807) is 0 Å². The van der Waals surface area contributed by atoms with Crippen LogP contribution >= 0.6 is 0 Å². The van der Waals surface area contributed by atoms with Crippen LogP contribution in [0.15, 0.2) is 84.9 Å². The quantitative estimate of drug-likeness (QED) is 0.534. The molecule has 32 heavy (non-hydrogen) atoms. The van der Waals surface area contributed by atoms with Crippen molar-refractivity contribution in [2.45, 2.75) is 26.2 Å². The molecule has 0 aliphatic carbocycles. The van der Waals surface area contributed by atoms with Crippen LogP contribution in [0.3, 0.4) is 0 Å². The van der Waals surface area contributed by atoms with Gasteiger partial charge in [-0.2, -0.15) is 0 Å². The van der Waals surface area contributed by atoms with Gasteiger partial charge in [0.05, 0.1) is 13.3 Å². The maximum atomic E-state index is 2.57. The van der Waals surface area contributed by atoms with Crippen LogP contribution in [0, 0.1) is 0 Å². The molecule has 0 unspecified atom stereocenters. The summed E-state index contributed by atoms with van der Waals surface area (Å²) in [6.45, 7) is 10.9. The first-order valence-corrected chi connectivity index (χ1v) is 11.9. The first-order chi connectivity index (χ1) is 15.8. The maximum absolute atomic E-state index is 2.57. The second kappa shape index (κ2) is 10.4. The molecule has 0 spiro atoms. The van der Waals surface area contributed by atoms with Crippen molar-refractivity contribution in [1.29, 1.82) is 0 Å². The van der Waals surface area contributed by atoms with Gasteiger partial charge in [-0.1, -0.05) is 84.9 Å². The summed E-state index contributed by atoms with van der Waals surface area (Å²) in [6, 6.07) is 30.9. The molecule has 0 saturated carbocycles. The van der Waals surface area contributed by atoms with Crippen LogP contribution in [0.4, 0.5) is 0 Å². The standard InChI is InChI=1S/C28H34N4/c1-3-8-25(9-4-1)19-29-14-16-31(23-29)21-27-12-7-13-28(18-27)22-32-17-15-30(24-32)20-26-10-5-2-6-11-26/h1-13,18H,14-17,19-24H2. The Morgan fingerprint density at radius 2 is 0.750 bits per heavy atom. The Morgan fingerprint density at radius 1 is 0.406 bits per heavy atom.